The second-order valence-electron chi connectivity index (χ2n) is 4.61. The number of carbonyl (C=O) groups is 3. The van der Waals surface area contributed by atoms with Crippen LogP contribution in [0.5, 0.6) is 11.8 Å². The van der Waals surface area contributed by atoms with Crippen LogP contribution in [0.15, 0.2) is 30.3 Å². The van der Waals surface area contributed by atoms with Crippen LogP contribution in [0.3, 0.4) is 0 Å². The molecule has 0 fully saturated rings. The van der Waals surface area contributed by atoms with Crippen molar-refractivity contribution < 1.29 is 28.7 Å². The first-order valence-electron chi connectivity index (χ1n) is 6.72. The molecule has 0 aliphatic carbocycles. The molecule has 0 saturated carbocycles. The summed E-state index contributed by atoms with van der Waals surface area (Å²) in [7, 11) is 2.70. The smallest absolute Gasteiger partial charge is 0.401 e. The predicted octanol–water partition coefficient (Wildman–Crippen LogP) is 0.862. The SMILES string of the molecule is COc1cc(OC)nc(C(=O)ON2C(=O)c3ccccc3C2=O)n1. The summed E-state index contributed by atoms with van der Waals surface area (Å²) in [6, 6.07) is 7.50. The summed E-state index contributed by atoms with van der Waals surface area (Å²) < 4.78 is 9.85. The number of carbonyl (C=O) groups excluding carboxylic acids is 3. The number of aromatic nitrogens is 2. The van der Waals surface area contributed by atoms with Gasteiger partial charge in [-0.05, 0) is 12.1 Å². The van der Waals surface area contributed by atoms with Gasteiger partial charge in [0.2, 0.25) is 17.6 Å². The highest BCUT2D eigenvalue weighted by molar-refractivity contribution is 6.21. The first kappa shape index (κ1) is 15.4. The molecular formula is C15H11N3O6. The maximum Gasteiger partial charge on any atom is 0.401 e. The zero-order valence-corrected chi connectivity index (χ0v) is 12.7. The van der Waals surface area contributed by atoms with Gasteiger partial charge >= 0.3 is 5.97 Å². The standard InChI is InChI=1S/C15H11N3O6/c1-22-10-7-11(23-2)17-12(16-10)15(21)24-18-13(19)8-5-3-4-6-9(8)14(18)20/h3-7H,1-2H3. The average molecular weight is 329 g/mol. The lowest BCUT2D eigenvalue weighted by Crippen LogP contribution is -2.33. The molecule has 122 valence electrons. The lowest BCUT2D eigenvalue weighted by Gasteiger charge is -2.12. The van der Waals surface area contributed by atoms with Crippen LogP contribution in [-0.4, -0.2) is 47.0 Å². The van der Waals surface area contributed by atoms with Crippen molar-refractivity contribution in [1.82, 2.24) is 15.0 Å². The third kappa shape index (κ3) is 2.51. The Morgan fingerprint density at radius 1 is 0.958 bits per heavy atom. The van der Waals surface area contributed by atoms with Gasteiger partial charge in [0.15, 0.2) is 0 Å². The summed E-state index contributed by atoms with van der Waals surface area (Å²) in [4.78, 5) is 49.0. The van der Waals surface area contributed by atoms with Crippen LogP contribution in [0.1, 0.15) is 31.3 Å². The van der Waals surface area contributed by atoms with Crippen molar-refractivity contribution >= 4 is 17.8 Å². The van der Waals surface area contributed by atoms with Gasteiger partial charge in [-0.25, -0.2) is 4.79 Å². The minimum atomic E-state index is -1.10. The fraction of sp³-hybridized carbons (Fsp3) is 0.133. The molecule has 0 N–H and O–H groups in total. The van der Waals surface area contributed by atoms with Crippen molar-refractivity contribution in [3.05, 3.63) is 47.3 Å². The van der Waals surface area contributed by atoms with Crippen LogP contribution in [0.25, 0.3) is 0 Å². The first-order chi connectivity index (χ1) is 11.5. The molecule has 0 saturated heterocycles. The number of amides is 2. The Labute approximate surface area is 135 Å². The predicted molar refractivity (Wildman–Crippen MR) is 77.5 cm³/mol. The second kappa shape index (κ2) is 5.95. The van der Waals surface area contributed by atoms with E-state index in [0.717, 1.165) is 0 Å². The van der Waals surface area contributed by atoms with E-state index in [9.17, 15) is 14.4 Å². The number of imide groups is 1. The highest BCUT2D eigenvalue weighted by Crippen LogP contribution is 2.23. The maximum absolute atomic E-state index is 12.2. The summed E-state index contributed by atoms with van der Waals surface area (Å²) in [6.45, 7) is 0. The summed E-state index contributed by atoms with van der Waals surface area (Å²) in [5.74, 6) is -2.85. The Balaban J connectivity index is 1.86. The maximum atomic E-state index is 12.2. The highest BCUT2D eigenvalue weighted by atomic mass is 16.7. The van der Waals surface area contributed by atoms with E-state index in [1.54, 1.807) is 12.1 Å². The van der Waals surface area contributed by atoms with Crippen molar-refractivity contribution in [2.24, 2.45) is 0 Å². The molecule has 0 spiro atoms. The van der Waals surface area contributed by atoms with Gasteiger partial charge in [0.1, 0.15) is 0 Å². The Morgan fingerprint density at radius 3 is 1.92 bits per heavy atom. The number of nitrogens with zero attached hydrogens (tertiary/aromatic N) is 3. The molecule has 1 aromatic carbocycles. The van der Waals surface area contributed by atoms with E-state index in [4.69, 9.17) is 14.3 Å². The van der Waals surface area contributed by atoms with Crippen molar-refractivity contribution in [2.45, 2.75) is 0 Å². The number of benzene rings is 1. The van der Waals surface area contributed by atoms with Gasteiger partial charge in [-0.3, -0.25) is 9.59 Å². The van der Waals surface area contributed by atoms with E-state index in [2.05, 4.69) is 9.97 Å². The molecule has 3 rings (SSSR count). The molecule has 0 unspecified atom stereocenters. The molecular weight excluding hydrogens is 318 g/mol. The quantitative estimate of drug-likeness (QED) is 0.760. The molecule has 1 aromatic heterocycles. The monoisotopic (exact) mass is 329 g/mol. The van der Waals surface area contributed by atoms with Crippen LogP contribution in [-0.2, 0) is 4.84 Å². The fourth-order valence-electron chi connectivity index (χ4n) is 2.08. The van der Waals surface area contributed by atoms with Crippen molar-refractivity contribution in [1.29, 1.82) is 0 Å². The van der Waals surface area contributed by atoms with Gasteiger partial charge < -0.3 is 14.3 Å². The van der Waals surface area contributed by atoms with Gasteiger partial charge in [0.25, 0.3) is 11.8 Å². The number of ether oxygens (including phenoxy) is 2. The fourth-order valence-corrected chi connectivity index (χ4v) is 2.08. The minimum Gasteiger partial charge on any atom is -0.481 e. The Morgan fingerprint density at radius 2 is 1.46 bits per heavy atom. The topological polar surface area (TPSA) is 108 Å². The molecule has 9 nitrogen and oxygen atoms in total. The number of hydroxylamine groups is 2. The molecule has 0 bridgehead atoms. The molecule has 24 heavy (non-hydrogen) atoms. The Hall–Kier alpha value is -3.49. The van der Waals surface area contributed by atoms with E-state index in [1.807, 2.05) is 0 Å². The number of rotatable bonds is 4. The summed E-state index contributed by atoms with van der Waals surface area (Å²) in [5.41, 5.74) is 0.305. The van der Waals surface area contributed by atoms with Crippen LogP contribution in [0.4, 0.5) is 0 Å². The van der Waals surface area contributed by atoms with Crippen LogP contribution >= 0.6 is 0 Å². The van der Waals surface area contributed by atoms with Gasteiger partial charge in [-0.15, -0.1) is 0 Å². The average Bonchev–Trinajstić information content (AvgIpc) is 2.86. The third-order valence-electron chi connectivity index (χ3n) is 3.21. The molecule has 2 aromatic rings. The summed E-state index contributed by atoms with van der Waals surface area (Å²) in [6.07, 6.45) is 0. The number of hydrogen-bond donors (Lipinski definition) is 0. The number of fused-ring (bicyclic) bond motifs is 1. The molecule has 1 aliphatic heterocycles. The molecule has 2 heterocycles. The van der Waals surface area contributed by atoms with Crippen molar-refractivity contribution in [2.75, 3.05) is 14.2 Å². The van der Waals surface area contributed by atoms with Crippen LogP contribution < -0.4 is 9.47 Å². The first-order valence-corrected chi connectivity index (χ1v) is 6.72. The van der Waals surface area contributed by atoms with Crippen LogP contribution in [0.2, 0.25) is 0 Å². The Kier molecular flexibility index (Phi) is 3.82. The van der Waals surface area contributed by atoms with Gasteiger partial charge in [-0.2, -0.15) is 9.97 Å². The molecule has 0 radical (unpaired) electrons. The normalized spacial score (nSPS) is 12.8. The van der Waals surface area contributed by atoms with E-state index in [0.29, 0.717) is 5.06 Å². The molecule has 1 aliphatic rings. The van der Waals surface area contributed by atoms with E-state index < -0.39 is 23.6 Å². The molecule has 0 atom stereocenters. The van der Waals surface area contributed by atoms with Gasteiger partial charge in [0, 0.05) is 0 Å². The lowest BCUT2D eigenvalue weighted by molar-refractivity contribution is -0.0593. The van der Waals surface area contributed by atoms with E-state index in [1.165, 1.54) is 32.4 Å². The number of methoxy groups -OCH3 is 2. The molecule has 9 heteroatoms. The van der Waals surface area contributed by atoms with Crippen molar-refractivity contribution in [3.63, 3.8) is 0 Å². The van der Waals surface area contributed by atoms with E-state index >= 15 is 0 Å². The zero-order valence-electron chi connectivity index (χ0n) is 12.7. The highest BCUT2D eigenvalue weighted by Gasteiger charge is 2.39. The van der Waals surface area contributed by atoms with Crippen molar-refractivity contribution in [3.8, 4) is 11.8 Å². The van der Waals surface area contributed by atoms with E-state index in [-0.39, 0.29) is 22.9 Å². The van der Waals surface area contributed by atoms with Gasteiger partial charge in [0.05, 0.1) is 31.4 Å². The lowest BCUT2D eigenvalue weighted by atomic mass is 10.1. The number of hydrogen-bond acceptors (Lipinski definition) is 8. The largest absolute Gasteiger partial charge is 0.481 e. The third-order valence-corrected chi connectivity index (χ3v) is 3.21. The summed E-state index contributed by atoms with van der Waals surface area (Å²) in [5, 5.41) is 0.377. The Bertz CT molecular complexity index is 794. The second-order valence-corrected chi connectivity index (χ2v) is 4.61. The minimum absolute atomic E-state index is 0.0659. The summed E-state index contributed by atoms with van der Waals surface area (Å²) >= 11 is 0. The zero-order chi connectivity index (χ0) is 17.3. The van der Waals surface area contributed by atoms with Gasteiger partial charge in [-0.1, -0.05) is 17.2 Å². The van der Waals surface area contributed by atoms with Crippen LogP contribution in [0, 0.1) is 0 Å². The molecule has 2 amide bonds.